The van der Waals surface area contributed by atoms with Gasteiger partial charge in [0.25, 0.3) is 5.56 Å². The van der Waals surface area contributed by atoms with E-state index in [0.29, 0.717) is 13.1 Å². The van der Waals surface area contributed by atoms with Gasteiger partial charge in [-0.2, -0.15) is 4.68 Å². The second-order valence-electron chi connectivity index (χ2n) is 6.56. The molecule has 146 valence electrons. The lowest BCUT2D eigenvalue weighted by Crippen LogP contribution is -2.41. The van der Waals surface area contributed by atoms with Gasteiger partial charge in [0.15, 0.2) is 0 Å². The quantitative estimate of drug-likeness (QED) is 0.735. The number of nitrogens with zero attached hydrogens (tertiary/aromatic N) is 3. The molecule has 3 rings (SSSR count). The van der Waals surface area contributed by atoms with Crippen LogP contribution in [0.5, 0.6) is 0 Å². The minimum atomic E-state index is -1.13. The van der Waals surface area contributed by atoms with Crippen LogP contribution in [0.4, 0.5) is 4.79 Å². The highest BCUT2D eigenvalue weighted by atomic mass is 16.4. The van der Waals surface area contributed by atoms with Crippen LogP contribution in [-0.2, 0) is 13.1 Å². The second kappa shape index (κ2) is 7.72. The zero-order chi connectivity index (χ0) is 20.4. The fourth-order valence-corrected chi connectivity index (χ4v) is 3.42. The van der Waals surface area contributed by atoms with Gasteiger partial charge in [-0.15, -0.1) is 0 Å². The molecule has 0 aliphatic carbocycles. The number of rotatable bonds is 5. The highest BCUT2D eigenvalue weighted by Gasteiger charge is 2.25. The fraction of sp³-hybridized carbons (Fsp3) is 0.286. The maximum absolute atomic E-state index is 13.3. The number of para-hydroxylation sites is 1. The zero-order valence-electron chi connectivity index (χ0n) is 16.2. The molecule has 0 aliphatic rings. The average molecular weight is 381 g/mol. The molecule has 0 unspecified atom stereocenters. The molecule has 3 aromatic rings. The van der Waals surface area contributed by atoms with Crippen molar-refractivity contribution in [2.45, 2.75) is 33.9 Å². The maximum Gasteiger partial charge on any atom is 0.346 e. The summed E-state index contributed by atoms with van der Waals surface area (Å²) >= 11 is 0. The predicted molar refractivity (Wildman–Crippen MR) is 107 cm³/mol. The first-order valence-corrected chi connectivity index (χ1v) is 9.22. The molecule has 0 saturated carbocycles. The van der Waals surface area contributed by atoms with Crippen molar-refractivity contribution in [3.63, 3.8) is 0 Å². The molecule has 0 spiro atoms. The number of aryl methyl sites for hydroxylation is 2. The normalized spacial score (nSPS) is 11.0. The Labute approximate surface area is 162 Å². The van der Waals surface area contributed by atoms with Crippen LogP contribution in [0.15, 0.2) is 47.3 Å². The lowest BCUT2D eigenvalue weighted by molar-refractivity contribution is 0.0698. The summed E-state index contributed by atoms with van der Waals surface area (Å²) in [7, 11) is 0. The van der Waals surface area contributed by atoms with Crippen molar-refractivity contribution in [2.75, 3.05) is 6.54 Å². The Hall–Kier alpha value is -3.35. The Morgan fingerprint density at radius 1 is 1.07 bits per heavy atom. The van der Waals surface area contributed by atoms with Gasteiger partial charge in [0.2, 0.25) is 0 Å². The van der Waals surface area contributed by atoms with Crippen molar-refractivity contribution in [3.8, 4) is 0 Å². The molecule has 2 aromatic carbocycles. The van der Waals surface area contributed by atoms with Crippen LogP contribution in [-0.4, -0.2) is 37.9 Å². The Morgan fingerprint density at radius 2 is 1.79 bits per heavy atom. The smallest absolute Gasteiger partial charge is 0.346 e. The summed E-state index contributed by atoms with van der Waals surface area (Å²) in [5.74, 6) is -1.13. The molecule has 0 radical (unpaired) electrons. The van der Waals surface area contributed by atoms with Gasteiger partial charge in [-0.1, -0.05) is 30.3 Å². The van der Waals surface area contributed by atoms with E-state index in [2.05, 4.69) is 0 Å². The first kappa shape index (κ1) is 19.4. The minimum absolute atomic E-state index is 0.00459. The first-order chi connectivity index (χ1) is 13.4. The molecular formula is C21H23N3O4. The summed E-state index contributed by atoms with van der Waals surface area (Å²) in [5, 5.41) is 9.73. The van der Waals surface area contributed by atoms with Crippen molar-refractivity contribution >= 4 is 22.9 Å². The Balaban J connectivity index is 2.14. The van der Waals surface area contributed by atoms with Crippen molar-refractivity contribution in [1.29, 1.82) is 0 Å². The van der Waals surface area contributed by atoms with E-state index in [1.165, 1.54) is 16.8 Å². The molecule has 0 fully saturated rings. The van der Waals surface area contributed by atoms with Gasteiger partial charge in [-0.25, -0.2) is 9.59 Å². The lowest BCUT2D eigenvalue weighted by Gasteiger charge is -2.23. The lowest BCUT2D eigenvalue weighted by atomic mass is 10.1. The molecular weight excluding hydrogens is 358 g/mol. The molecule has 1 N–H and O–H groups in total. The third-order valence-corrected chi connectivity index (χ3v) is 4.94. The highest BCUT2D eigenvalue weighted by Crippen LogP contribution is 2.19. The van der Waals surface area contributed by atoms with Gasteiger partial charge in [0.05, 0.1) is 16.5 Å². The van der Waals surface area contributed by atoms with E-state index >= 15 is 0 Å². The summed E-state index contributed by atoms with van der Waals surface area (Å²) < 4.78 is 2.50. The van der Waals surface area contributed by atoms with Crippen LogP contribution in [0.1, 0.15) is 35.3 Å². The number of carbonyl (C=O) groups is 2. The van der Waals surface area contributed by atoms with Gasteiger partial charge < -0.3 is 10.0 Å². The minimum Gasteiger partial charge on any atom is -0.478 e. The first-order valence-electron chi connectivity index (χ1n) is 9.22. The maximum atomic E-state index is 13.3. The third-order valence-electron chi connectivity index (χ3n) is 4.94. The number of amides is 1. The average Bonchev–Trinajstić information content (AvgIpc) is 2.98. The summed E-state index contributed by atoms with van der Waals surface area (Å²) in [6, 6.07) is 11.8. The number of hydrogen-bond acceptors (Lipinski definition) is 3. The largest absolute Gasteiger partial charge is 0.478 e. The summed E-state index contributed by atoms with van der Waals surface area (Å²) in [6.07, 6.45) is 0. The van der Waals surface area contributed by atoms with E-state index in [4.69, 9.17) is 0 Å². The van der Waals surface area contributed by atoms with E-state index in [0.717, 1.165) is 15.8 Å². The monoisotopic (exact) mass is 381 g/mol. The standard InChI is InChI=1S/C21H23N3O4/c1-4-22(13-15-10-7-6-9-14(15)3)21(28)24-19(25)16-11-8-12-17(20(26)27)18(16)23(24)5-2/h6-12H,4-5,13H2,1-3H3,(H,26,27). The van der Waals surface area contributed by atoms with Gasteiger partial charge in [0.1, 0.15) is 0 Å². The number of fused-ring (bicyclic) bond motifs is 1. The van der Waals surface area contributed by atoms with Crippen LogP contribution >= 0.6 is 0 Å². The number of carbonyl (C=O) groups excluding carboxylic acids is 1. The van der Waals surface area contributed by atoms with Gasteiger partial charge in [0, 0.05) is 19.6 Å². The molecule has 7 nitrogen and oxygen atoms in total. The Morgan fingerprint density at radius 3 is 2.39 bits per heavy atom. The molecule has 0 bridgehead atoms. The molecule has 1 heterocycles. The van der Waals surface area contributed by atoms with E-state index in [1.54, 1.807) is 17.9 Å². The zero-order valence-corrected chi connectivity index (χ0v) is 16.2. The molecule has 28 heavy (non-hydrogen) atoms. The van der Waals surface area contributed by atoms with Crippen molar-refractivity contribution < 1.29 is 14.7 Å². The SMILES string of the molecule is CCN(Cc1ccccc1C)C(=O)n1c(=O)c2cccc(C(=O)O)c2n1CC. The Bertz CT molecular complexity index is 1110. The predicted octanol–water partition coefficient (Wildman–Crippen LogP) is 3.32. The molecule has 1 aromatic heterocycles. The fourth-order valence-electron chi connectivity index (χ4n) is 3.42. The highest BCUT2D eigenvalue weighted by molar-refractivity contribution is 6.02. The third kappa shape index (κ3) is 3.19. The number of benzene rings is 2. The van der Waals surface area contributed by atoms with Crippen LogP contribution in [0.2, 0.25) is 0 Å². The topological polar surface area (TPSA) is 84.5 Å². The molecule has 1 amide bonds. The summed E-state index contributed by atoms with van der Waals surface area (Å²) in [6.45, 7) is 6.67. The molecule has 0 aliphatic heterocycles. The van der Waals surface area contributed by atoms with Gasteiger partial charge in [-0.3, -0.25) is 9.48 Å². The van der Waals surface area contributed by atoms with Crippen molar-refractivity contribution in [1.82, 2.24) is 14.3 Å². The van der Waals surface area contributed by atoms with E-state index < -0.39 is 17.6 Å². The van der Waals surface area contributed by atoms with Crippen molar-refractivity contribution in [3.05, 3.63) is 69.5 Å². The van der Waals surface area contributed by atoms with Crippen LogP contribution in [0, 0.1) is 6.92 Å². The molecule has 0 saturated heterocycles. The van der Waals surface area contributed by atoms with Crippen molar-refractivity contribution in [2.24, 2.45) is 0 Å². The van der Waals surface area contributed by atoms with E-state index in [-0.39, 0.29) is 23.0 Å². The van der Waals surface area contributed by atoms with Crippen LogP contribution in [0.3, 0.4) is 0 Å². The number of aromatic nitrogens is 2. The summed E-state index contributed by atoms with van der Waals surface area (Å²) in [5.41, 5.74) is 1.82. The number of carboxylic acid groups (broad SMARTS) is 1. The van der Waals surface area contributed by atoms with Gasteiger partial charge in [-0.05, 0) is 44.0 Å². The van der Waals surface area contributed by atoms with Crippen LogP contribution in [0.25, 0.3) is 10.9 Å². The number of hydrogen-bond donors (Lipinski definition) is 1. The number of carboxylic acids is 1. The van der Waals surface area contributed by atoms with E-state index in [1.807, 2.05) is 38.1 Å². The second-order valence-corrected chi connectivity index (χ2v) is 6.56. The van der Waals surface area contributed by atoms with Gasteiger partial charge >= 0.3 is 12.0 Å². The Kier molecular flexibility index (Phi) is 5.35. The summed E-state index contributed by atoms with van der Waals surface area (Å²) in [4.78, 5) is 39.4. The number of aromatic carboxylic acids is 1. The van der Waals surface area contributed by atoms with Crippen LogP contribution < -0.4 is 5.56 Å². The molecule has 0 atom stereocenters. The molecule has 7 heteroatoms. The van der Waals surface area contributed by atoms with E-state index in [9.17, 15) is 19.5 Å².